The van der Waals surface area contributed by atoms with Crippen molar-refractivity contribution in [3.63, 3.8) is 0 Å². The zero-order valence-corrected chi connectivity index (χ0v) is 17.8. The molecule has 5 heteroatoms. The molecule has 2 aromatic rings. The molecule has 0 unspecified atom stereocenters. The lowest BCUT2D eigenvalue weighted by Crippen LogP contribution is -2.01. The van der Waals surface area contributed by atoms with Gasteiger partial charge >= 0.3 is 0 Å². The first-order chi connectivity index (χ1) is 9.94. The lowest BCUT2D eigenvalue weighted by molar-refractivity contribution is 0.104. The number of rotatable bonds is 2. The largest absolute Gasteiger partial charge is 0.288 e. The maximum Gasteiger partial charge on any atom is 0.196 e. The minimum Gasteiger partial charge on any atom is -0.288 e. The molecule has 2 aromatic heterocycles. The van der Waals surface area contributed by atoms with E-state index in [0.717, 1.165) is 11.1 Å². The summed E-state index contributed by atoms with van der Waals surface area (Å²) in [6, 6.07) is 0. The molecule has 0 fully saturated rings. The number of fused-ring (bicyclic) bond motifs is 3. The first kappa shape index (κ1) is 16.6. The summed E-state index contributed by atoms with van der Waals surface area (Å²) < 4.78 is 2.87. The van der Waals surface area contributed by atoms with Crippen LogP contribution in [0, 0.1) is 13.8 Å². The number of thiophene rings is 2. The Labute approximate surface area is 144 Å². The van der Waals surface area contributed by atoms with Crippen LogP contribution in [0.3, 0.4) is 0 Å². The topological polar surface area (TPSA) is 17.1 Å². The zero-order chi connectivity index (χ0) is 16.6. The third kappa shape index (κ3) is 2.24. The van der Waals surface area contributed by atoms with Crippen LogP contribution in [0.4, 0.5) is 0 Å². The highest BCUT2D eigenvalue weighted by molar-refractivity contribution is 8.33. The highest BCUT2D eigenvalue weighted by Gasteiger charge is 2.38. The standard InChI is InChI=1S/C17H24OS4/c1-9-11-13(18)12-10(2)17(22(6,7)8)20-15(12)14(11)19-16(9)21(3,4)5/h1-8H3. The number of hydrogen-bond acceptors (Lipinski definition) is 3. The summed E-state index contributed by atoms with van der Waals surface area (Å²) in [7, 11) is -1.59. The Kier molecular flexibility index (Phi) is 3.69. The lowest BCUT2D eigenvalue weighted by Gasteiger charge is -2.25. The predicted octanol–water partition coefficient (Wildman–Crippen LogP) is 5.74. The van der Waals surface area contributed by atoms with Crippen molar-refractivity contribution in [2.75, 3.05) is 37.5 Å². The van der Waals surface area contributed by atoms with E-state index in [1.165, 1.54) is 29.3 Å². The van der Waals surface area contributed by atoms with Crippen molar-refractivity contribution in [2.24, 2.45) is 0 Å². The monoisotopic (exact) mass is 372 g/mol. The van der Waals surface area contributed by atoms with Gasteiger partial charge in [0.25, 0.3) is 0 Å². The van der Waals surface area contributed by atoms with Gasteiger partial charge < -0.3 is 0 Å². The summed E-state index contributed by atoms with van der Waals surface area (Å²) in [5, 5.41) is 0. The normalized spacial score (nSPS) is 15.9. The molecule has 3 rings (SSSR count). The third-order valence-corrected chi connectivity index (χ3v) is 12.7. The highest BCUT2D eigenvalue weighted by atomic mass is 32.3. The van der Waals surface area contributed by atoms with Gasteiger partial charge in [-0.1, -0.05) is 0 Å². The van der Waals surface area contributed by atoms with Crippen LogP contribution in [-0.4, -0.2) is 43.3 Å². The number of carbonyl (C=O) groups is 1. The van der Waals surface area contributed by atoms with E-state index in [9.17, 15) is 4.79 Å². The summed E-state index contributed by atoms with van der Waals surface area (Å²) in [6.45, 7) is 4.28. The van der Waals surface area contributed by atoms with E-state index in [1.807, 2.05) is 22.7 Å². The number of ketones is 1. The molecule has 1 aliphatic carbocycles. The molecule has 0 N–H and O–H groups in total. The molecule has 1 aliphatic rings. The van der Waals surface area contributed by atoms with Crippen molar-refractivity contribution in [3.05, 3.63) is 22.3 Å². The van der Waals surface area contributed by atoms with Gasteiger partial charge in [-0.3, -0.25) is 4.79 Å². The molecule has 0 spiro atoms. The minimum atomic E-state index is -0.793. The van der Waals surface area contributed by atoms with Gasteiger partial charge in [-0.2, -0.15) is 0 Å². The molecule has 0 bridgehead atoms. The minimum absolute atomic E-state index is 0.275. The second-order valence-corrected chi connectivity index (χ2v) is 18.2. The van der Waals surface area contributed by atoms with Gasteiger partial charge in [0, 0.05) is 19.5 Å². The van der Waals surface area contributed by atoms with Crippen molar-refractivity contribution in [3.8, 4) is 9.75 Å². The number of hydrogen-bond donors (Lipinski definition) is 0. The molecule has 0 aliphatic heterocycles. The highest BCUT2D eigenvalue weighted by Crippen LogP contribution is 2.61. The van der Waals surface area contributed by atoms with Crippen LogP contribution >= 0.6 is 42.7 Å². The van der Waals surface area contributed by atoms with E-state index in [2.05, 4.69) is 51.4 Å². The van der Waals surface area contributed by atoms with Crippen LogP contribution in [0.1, 0.15) is 27.0 Å². The van der Waals surface area contributed by atoms with Crippen LogP contribution in [0.25, 0.3) is 9.75 Å². The quantitative estimate of drug-likeness (QED) is 0.560. The molecule has 0 amide bonds. The van der Waals surface area contributed by atoms with Crippen molar-refractivity contribution >= 4 is 48.5 Å². The van der Waals surface area contributed by atoms with Crippen molar-refractivity contribution in [1.29, 1.82) is 0 Å². The van der Waals surface area contributed by atoms with E-state index in [4.69, 9.17) is 0 Å². The molecule has 0 saturated heterocycles. The SMILES string of the molecule is Cc1c(S(C)(C)C)sc2c1C(=O)c1c-2sc(S(C)(C)C)c1C. The second-order valence-electron chi connectivity index (χ2n) is 7.44. The Bertz CT molecular complexity index is 728. The Morgan fingerprint density at radius 1 is 0.682 bits per heavy atom. The average Bonchev–Trinajstić information content (AvgIpc) is 2.92. The maximum atomic E-state index is 13.0. The van der Waals surface area contributed by atoms with Crippen molar-refractivity contribution in [1.82, 2.24) is 0 Å². The summed E-state index contributed by atoms with van der Waals surface area (Å²) in [4.78, 5) is 15.5. The van der Waals surface area contributed by atoms with Gasteiger partial charge in [0.1, 0.15) is 0 Å². The van der Waals surface area contributed by atoms with E-state index in [1.54, 1.807) is 0 Å². The second kappa shape index (κ2) is 4.88. The molecule has 0 saturated carbocycles. The van der Waals surface area contributed by atoms with Crippen LogP contribution in [-0.2, 0) is 0 Å². The molecule has 2 heterocycles. The van der Waals surface area contributed by atoms with Crippen LogP contribution in [0.5, 0.6) is 0 Å². The maximum absolute atomic E-state index is 13.0. The molecule has 22 heavy (non-hydrogen) atoms. The van der Waals surface area contributed by atoms with E-state index < -0.39 is 20.1 Å². The van der Waals surface area contributed by atoms with Crippen LogP contribution < -0.4 is 0 Å². The fourth-order valence-electron chi connectivity index (χ4n) is 3.15. The first-order valence-corrected chi connectivity index (χ1v) is 14.5. The predicted molar refractivity (Wildman–Crippen MR) is 108 cm³/mol. The number of carbonyl (C=O) groups excluding carboxylic acids is 1. The smallest absolute Gasteiger partial charge is 0.196 e. The summed E-state index contributed by atoms with van der Waals surface area (Å²) >= 11 is 3.74. The molecule has 0 atom stereocenters. The molecule has 0 aromatic carbocycles. The lowest BCUT2D eigenvalue weighted by atomic mass is 10.1. The molecular formula is C17H24OS4. The van der Waals surface area contributed by atoms with Gasteiger partial charge in [-0.25, -0.2) is 20.1 Å². The van der Waals surface area contributed by atoms with E-state index in [-0.39, 0.29) is 5.78 Å². The average molecular weight is 373 g/mol. The fraction of sp³-hybridized carbons (Fsp3) is 0.471. The summed E-state index contributed by atoms with van der Waals surface area (Å²) in [5.41, 5.74) is 4.48. The summed E-state index contributed by atoms with van der Waals surface area (Å²) in [6.07, 6.45) is 13.9. The molecule has 122 valence electrons. The first-order valence-electron chi connectivity index (χ1n) is 7.13. The Morgan fingerprint density at radius 2 is 1.00 bits per heavy atom. The molecule has 1 nitrogen and oxygen atoms in total. The van der Waals surface area contributed by atoms with Gasteiger partial charge in [0.05, 0.1) is 9.75 Å². The Hall–Kier alpha value is -0.230. The third-order valence-electron chi connectivity index (χ3n) is 3.98. The van der Waals surface area contributed by atoms with Crippen LogP contribution in [0.2, 0.25) is 0 Å². The van der Waals surface area contributed by atoms with Crippen molar-refractivity contribution in [2.45, 2.75) is 22.3 Å². The molecule has 0 radical (unpaired) electrons. The van der Waals surface area contributed by atoms with Crippen LogP contribution in [0.15, 0.2) is 8.42 Å². The Morgan fingerprint density at radius 3 is 1.27 bits per heavy atom. The zero-order valence-electron chi connectivity index (χ0n) is 14.5. The molecular weight excluding hydrogens is 348 g/mol. The van der Waals surface area contributed by atoms with E-state index >= 15 is 0 Å². The van der Waals surface area contributed by atoms with Gasteiger partial charge in [0.2, 0.25) is 0 Å². The van der Waals surface area contributed by atoms with E-state index in [0.29, 0.717) is 0 Å². The van der Waals surface area contributed by atoms with Gasteiger partial charge in [-0.15, -0.1) is 22.7 Å². The van der Waals surface area contributed by atoms with Crippen molar-refractivity contribution < 1.29 is 4.79 Å². The Balaban J connectivity index is 2.29. The summed E-state index contributed by atoms with van der Waals surface area (Å²) in [5.74, 6) is 0.275. The van der Waals surface area contributed by atoms with Gasteiger partial charge in [-0.05, 0) is 62.5 Å². The van der Waals surface area contributed by atoms with Gasteiger partial charge in [0.15, 0.2) is 5.78 Å². The fourth-order valence-corrected chi connectivity index (χ4v) is 9.90.